The van der Waals surface area contributed by atoms with Crippen LogP contribution in [0.5, 0.6) is 28.7 Å². The maximum Gasteiger partial charge on any atom is 0.647 e. The number of ether oxygens (including phenoxy) is 5. The Morgan fingerprint density at radius 3 is 1.20 bits per heavy atom. The zero-order chi connectivity index (χ0) is 62.7. The first kappa shape index (κ1) is 66.7. The van der Waals surface area contributed by atoms with Gasteiger partial charge in [0.1, 0.15) is 17.2 Å². The summed E-state index contributed by atoms with van der Waals surface area (Å²) in [6, 6.07) is 33.8. The van der Waals surface area contributed by atoms with Gasteiger partial charge in [0.2, 0.25) is 0 Å². The molecule has 460 valence electrons. The molecule has 2 aliphatic rings. The van der Waals surface area contributed by atoms with Crippen molar-refractivity contribution in [2.24, 2.45) is 0 Å². The number of rotatable bonds is 25. The highest BCUT2D eigenvalue weighted by atomic mass is 28.5. The van der Waals surface area contributed by atoms with E-state index >= 15 is 0 Å². The van der Waals surface area contributed by atoms with Crippen LogP contribution in [0.1, 0.15) is 52.8 Å². The first-order chi connectivity index (χ1) is 39.2. The molecule has 0 atom stereocenters. The molecule has 6 aromatic rings. The highest BCUT2D eigenvalue weighted by Gasteiger charge is 2.56. The molecule has 0 saturated heterocycles. The predicted molar refractivity (Wildman–Crippen MR) is 364 cm³/mol. The molecule has 21 heteroatoms. The lowest BCUT2D eigenvalue weighted by molar-refractivity contribution is 0.0758. The molecule has 0 radical (unpaired) electrons. The van der Waals surface area contributed by atoms with Crippen molar-refractivity contribution in [3.8, 4) is 51.0 Å². The molecule has 0 saturated carbocycles. The van der Waals surface area contributed by atoms with Crippen LogP contribution in [-0.4, -0.2) is 96.4 Å². The van der Waals surface area contributed by atoms with E-state index in [2.05, 4.69) is 217 Å². The lowest BCUT2D eigenvalue weighted by Crippen LogP contribution is -2.62. The van der Waals surface area contributed by atoms with Crippen LogP contribution < -0.4 is 23.7 Å². The van der Waals surface area contributed by atoms with Crippen molar-refractivity contribution in [3.05, 3.63) is 142 Å². The van der Waals surface area contributed by atoms with Gasteiger partial charge in [0.05, 0.1) is 41.7 Å². The molecule has 0 amide bonds. The molecule has 0 fully saturated rings. The zero-order valence-electron chi connectivity index (χ0n) is 55.1. The van der Waals surface area contributed by atoms with E-state index in [1.807, 2.05) is 24.3 Å². The molecule has 1 aliphatic heterocycles. The van der Waals surface area contributed by atoms with Gasteiger partial charge in [-0.05, 0) is 228 Å². The second kappa shape index (κ2) is 24.3. The van der Waals surface area contributed by atoms with Gasteiger partial charge < -0.3 is 57.2 Å². The largest absolute Gasteiger partial charge is 0.647 e. The van der Waals surface area contributed by atoms with E-state index in [0.29, 0.717) is 11.5 Å². The Balaban J connectivity index is 1.33. The molecule has 85 heavy (non-hydrogen) atoms. The van der Waals surface area contributed by atoms with Gasteiger partial charge in [0.15, 0.2) is 67.0 Å². The molecule has 0 spiro atoms. The molecular formula is C64H94O13Si8. The Morgan fingerprint density at radius 1 is 0.424 bits per heavy atom. The number of fused-ring (bicyclic) bond motifs is 8. The Morgan fingerprint density at radius 2 is 0.824 bits per heavy atom. The first-order valence-electron chi connectivity index (χ1n) is 29.4. The second-order valence-corrected chi connectivity index (χ2v) is 61.5. The minimum Gasteiger partial charge on any atom is -0.497 e. The van der Waals surface area contributed by atoms with E-state index in [4.69, 9.17) is 57.2 Å². The third-order valence-corrected chi connectivity index (χ3v) is 35.7. The van der Waals surface area contributed by atoms with Gasteiger partial charge in [0, 0.05) is 27.5 Å². The van der Waals surface area contributed by atoms with Crippen molar-refractivity contribution < 1.29 is 57.2 Å². The van der Waals surface area contributed by atoms with Crippen LogP contribution in [0.3, 0.4) is 0 Å². The maximum atomic E-state index is 7.69. The third-order valence-electron chi connectivity index (χ3n) is 14.0. The van der Waals surface area contributed by atoms with Crippen LogP contribution in [0, 0.1) is 0 Å². The minimum atomic E-state index is -3.73. The van der Waals surface area contributed by atoms with Crippen LogP contribution >= 0.6 is 0 Å². The van der Waals surface area contributed by atoms with Gasteiger partial charge >= 0.3 is 18.1 Å². The molecule has 1 heterocycles. The van der Waals surface area contributed by atoms with Crippen molar-refractivity contribution in [1.29, 1.82) is 0 Å². The van der Waals surface area contributed by atoms with E-state index in [1.165, 1.54) is 5.56 Å². The summed E-state index contributed by atoms with van der Waals surface area (Å²) < 4.78 is 87.6. The van der Waals surface area contributed by atoms with Gasteiger partial charge in [-0.2, -0.15) is 0 Å². The summed E-state index contributed by atoms with van der Waals surface area (Å²) in [5, 5.41) is 1.89. The van der Waals surface area contributed by atoms with E-state index in [1.54, 1.807) is 28.4 Å². The van der Waals surface area contributed by atoms with E-state index in [9.17, 15) is 0 Å². The fourth-order valence-corrected chi connectivity index (χ4v) is 34.5. The quantitative estimate of drug-likeness (QED) is 0.0506. The van der Waals surface area contributed by atoms with Crippen LogP contribution in [0.4, 0.5) is 0 Å². The fraction of sp³-hybridized carbons (Fsp3) is 0.438. The molecule has 6 aromatic carbocycles. The van der Waals surface area contributed by atoms with E-state index < -0.39 is 79.0 Å². The van der Waals surface area contributed by atoms with Gasteiger partial charge in [-0.25, -0.2) is 0 Å². The number of hydrogen-bond acceptors (Lipinski definition) is 13. The number of benzene rings is 6. The highest BCUT2D eigenvalue weighted by molar-refractivity contribution is 6.89. The van der Waals surface area contributed by atoms with Crippen molar-refractivity contribution >= 4 is 84.8 Å². The highest BCUT2D eigenvalue weighted by Crippen LogP contribution is 2.60. The van der Waals surface area contributed by atoms with Crippen molar-refractivity contribution in [2.45, 2.75) is 156 Å². The predicted octanol–water partition coefficient (Wildman–Crippen LogP) is 17.2. The smallest absolute Gasteiger partial charge is 0.497 e. The van der Waals surface area contributed by atoms with E-state index in [-0.39, 0.29) is 13.2 Å². The van der Waals surface area contributed by atoms with Gasteiger partial charge in [-0.3, -0.25) is 0 Å². The summed E-state index contributed by atoms with van der Waals surface area (Å²) in [7, 11) is -14.4. The Kier molecular flexibility index (Phi) is 19.0. The van der Waals surface area contributed by atoms with Crippen LogP contribution in [0.25, 0.3) is 39.1 Å². The van der Waals surface area contributed by atoms with Gasteiger partial charge in [-0.1, -0.05) is 62.4 Å². The molecule has 1 aliphatic carbocycles. The topological polar surface area (TPSA) is 120 Å². The van der Waals surface area contributed by atoms with Crippen molar-refractivity contribution in [1.82, 2.24) is 0 Å². The van der Waals surface area contributed by atoms with Crippen LogP contribution in [0.2, 0.25) is 118 Å². The monoisotopic (exact) mass is 1290 g/mol. The lowest BCUT2D eigenvalue weighted by atomic mass is 9.76. The second-order valence-electron chi connectivity index (χ2n) is 28.7. The summed E-state index contributed by atoms with van der Waals surface area (Å²) in [5.41, 5.74) is 9.74. The summed E-state index contributed by atoms with van der Waals surface area (Å²) in [6.07, 6.45) is 4.45. The minimum absolute atomic E-state index is 0.184. The lowest BCUT2D eigenvalue weighted by Gasteiger charge is -2.41. The molecular weight excluding hydrogens is 1200 g/mol. The normalized spacial score (nSPS) is 15.3. The SMILES string of the molecule is COc1ccc(C2(c3ccc(OC)cc3)C=Cc3c4c(c5cc(OC)c(OC)cc5c3O2)-c2ccc(-c3cc(CO[Si](O[Si](C)(C)C)(O[Si](C)(C)C)O[Si](C)(C)C)cc(CO[Si](O[Si](C)(C)C)(O[Si](C)(C)C)O[Si](C)(C)C)c3)cc2C4(C)C)cc1. The molecule has 8 rings (SSSR count). The van der Waals surface area contributed by atoms with Gasteiger partial charge in [0.25, 0.3) is 0 Å². The first-order valence-corrected chi connectivity index (χ1v) is 53.1. The summed E-state index contributed by atoms with van der Waals surface area (Å²) >= 11 is 0. The molecule has 0 aromatic heterocycles. The van der Waals surface area contributed by atoms with Crippen LogP contribution in [0.15, 0.2) is 103 Å². The molecule has 0 unspecified atom stereocenters. The maximum absolute atomic E-state index is 7.69. The summed E-state index contributed by atoms with van der Waals surface area (Å²) in [5.74, 6) is 3.47. The number of hydrogen-bond donors (Lipinski definition) is 0. The molecule has 13 nitrogen and oxygen atoms in total. The van der Waals surface area contributed by atoms with Gasteiger partial charge in [-0.15, -0.1) is 0 Å². The third kappa shape index (κ3) is 15.6. The summed E-state index contributed by atoms with van der Waals surface area (Å²) in [6.45, 7) is 44.0. The fourth-order valence-electron chi connectivity index (χ4n) is 11.1. The van der Waals surface area contributed by atoms with Crippen molar-refractivity contribution in [2.75, 3.05) is 28.4 Å². The van der Waals surface area contributed by atoms with E-state index in [0.717, 1.165) is 83.7 Å². The number of methoxy groups -OCH3 is 4. The average Bonchev–Trinajstić information content (AvgIpc) is 1.62. The average molecular weight is 1300 g/mol. The van der Waals surface area contributed by atoms with Crippen molar-refractivity contribution in [3.63, 3.8) is 0 Å². The zero-order valence-corrected chi connectivity index (χ0v) is 63.1. The Hall–Kier alpha value is -4.26. The standard InChI is InChI=1S/C64H94O13Si8/c1-63(2)57-40-47(48-38-45(43-69-84(72-78(7,8)9,73-79(10,11)12)74-80(13,14)15)37-46(39-48)44-70-85(75-81(16,17)18,76-82(19,20)21)77-83(22,23)24)25-34-53(57)60-55-41-58(67-5)59(68-6)42-56(55)62-54(61(60)63)35-36-64(71-62,49-26-30-51(65-3)31-27-49)50-28-32-52(66-4)33-29-50/h25-42H,43-44H2,1-24H3. The summed E-state index contributed by atoms with van der Waals surface area (Å²) in [4.78, 5) is 0. The Bertz CT molecular complexity index is 3210. The molecule has 0 N–H and O–H groups in total. The Labute approximate surface area is 516 Å². The van der Waals surface area contributed by atoms with Crippen LogP contribution in [-0.2, 0) is 57.8 Å². The molecule has 0 bridgehead atoms.